The van der Waals surface area contributed by atoms with Crippen molar-refractivity contribution in [3.8, 4) is 11.4 Å². The summed E-state index contributed by atoms with van der Waals surface area (Å²) in [5.41, 5.74) is 0.996. The van der Waals surface area contributed by atoms with Gasteiger partial charge in [0.25, 0.3) is 0 Å². The molecule has 1 unspecified atom stereocenters. The summed E-state index contributed by atoms with van der Waals surface area (Å²) in [4.78, 5) is 12.9. The number of carbonyl (C=O) groups is 1. The number of quaternary nitrogens is 1. The number of benzene rings is 1. The Hall–Kier alpha value is -2.03. The predicted octanol–water partition coefficient (Wildman–Crippen LogP) is 0.250. The molecule has 3 atom stereocenters. The molecule has 7 nitrogen and oxygen atoms in total. The summed E-state index contributed by atoms with van der Waals surface area (Å²) in [7, 11) is 1.37. The number of aliphatic hydroxyl groups excluding tert-OH is 1. The molecule has 1 aliphatic heterocycles. The molecule has 1 aromatic carbocycles. The molecule has 1 aromatic heterocycles. The third-order valence-corrected chi connectivity index (χ3v) is 5.04. The lowest BCUT2D eigenvalue weighted by molar-refractivity contribution is -0.928. The summed E-state index contributed by atoms with van der Waals surface area (Å²) < 4.78 is 9.19. The molecule has 0 amide bonds. The first kappa shape index (κ1) is 17.8. The first-order valence-electron chi connectivity index (χ1n) is 8.38. The Labute approximate surface area is 151 Å². The Morgan fingerprint density at radius 3 is 2.80 bits per heavy atom. The zero-order valence-electron chi connectivity index (χ0n) is 14.4. The lowest BCUT2D eigenvalue weighted by atomic mass is 10.2. The lowest BCUT2D eigenvalue weighted by Gasteiger charge is -2.18. The number of hydrogen-bond acceptors (Lipinski definition) is 5. The minimum atomic E-state index is -0.518. The minimum Gasteiger partial charge on any atom is -0.465 e. The van der Waals surface area contributed by atoms with Crippen LogP contribution in [-0.4, -0.2) is 51.2 Å². The number of rotatable bonds is 5. The molecule has 1 aliphatic rings. The average molecular weight is 363 g/mol. The van der Waals surface area contributed by atoms with Crippen LogP contribution in [0.2, 0.25) is 0 Å². The number of hydrogen-bond donors (Lipinski definition) is 2. The Morgan fingerprint density at radius 2 is 2.16 bits per heavy atom. The van der Waals surface area contributed by atoms with Crippen molar-refractivity contribution in [1.82, 2.24) is 14.3 Å². The average Bonchev–Trinajstić information content (AvgIpc) is 3.15. The summed E-state index contributed by atoms with van der Waals surface area (Å²) >= 11 is 5.58. The molecule has 25 heavy (non-hydrogen) atoms. The minimum absolute atomic E-state index is 0.309. The van der Waals surface area contributed by atoms with Gasteiger partial charge in [-0.3, -0.25) is 0 Å². The number of nitrogens with one attached hydrogen (secondary N) is 1. The number of aromatic nitrogens is 3. The third-order valence-electron chi connectivity index (χ3n) is 4.61. The highest BCUT2D eigenvalue weighted by Gasteiger charge is 2.41. The fourth-order valence-electron chi connectivity index (χ4n) is 3.37. The topological polar surface area (TPSA) is 73.7 Å². The lowest BCUT2D eigenvalue weighted by Crippen LogP contribution is -3.14. The van der Waals surface area contributed by atoms with Crippen molar-refractivity contribution in [3.63, 3.8) is 0 Å². The van der Waals surface area contributed by atoms with Gasteiger partial charge < -0.3 is 19.3 Å². The van der Waals surface area contributed by atoms with Crippen LogP contribution in [0.15, 0.2) is 30.3 Å². The van der Waals surface area contributed by atoms with Crippen LogP contribution in [0.3, 0.4) is 0 Å². The SMILES string of the molecule is CCn1c(-c2ccccc2)nn(C[NH+]2C[C@@H](O)C[C@H]2C(=O)OC)c1=S. The summed E-state index contributed by atoms with van der Waals surface area (Å²) in [5.74, 6) is 0.498. The molecule has 2 heterocycles. The van der Waals surface area contributed by atoms with E-state index >= 15 is 0 Å². The molecule has 0 bridgehead atoms. The van der Waals surface area contributed by atoms with Crippen molar-refractivity contribution in [2.45, 2.75) is 38.7 Å². The first-order chi connectivity index (χ1) is 12.0. The number of carbonyl (C=O) groups excluding carboxylic acids is 1. The van der Waals surface area contributed by atoms with E-state index in [2.05, 4.69) is 5.10 Å². The van der Waals surface area contributed by atoms with Crippen molar-refractivity contribution in [2.24, 2.45) is 0 Å². The molecule has 8 heteroatoms. The Morgan fingerprint density at radius 1 is 1.44 bits per heavy atom. The highest BCUT2D eigenvalue weighted by atomic mass is 32.1. The van der Waals surface area contributed by atoms with E-state index in [1.165, 1.54) is 7.11 Å². The fourth-order valence-corrected chi connectivity index (χ4v) is 3.69. The van der Waals surface area contributed by atoms with Crippen molar-refractivity contribution in [3.05, 3.63) is 35.1 Å². The van der Waals surface area contributed by atoms with E-state index in [9.17, 15) is 9.90 Å². The zero-order valence-corrected chi connectivity index (χ0v) is 15.2. The van der Waals surface area contributed by atoms with E-state index in [0.717, 1.165) is 16.3 Å². The summed E-state index contributed by atoms with van der Waals surface area (Å²) in [5, 5.41) is 14.6. The molecule has 1 saturated heterocycles. The van der Waals surface area contributed by atoms with Gasteiger partial charge in [0.05, 0.1) is 7.11 Å². The number of methoxy groups -OCH3 is 1. The van der Waals surface area contributed by atoms with E-state index in [0.29, 0.717) is 31.0 Å². The second kappa shape index (κ2) is 7.47. The molecule has 2 aromatic rings. The van der Waals surface area contributed by atoms with E-state index < -0.39 is 12.1 Å². The van der Waals surface area contributed by atoms with Crippen molar-refractivity contribution >= 4 is 18.2 Å². The van der Waals surface area contributed by atoms with Gasteiger partial charge >= 0.3 is 5.97 Å². The molecular weight excluding hydrogens is 340 g/mol. The highest BCUT2D eigenvalue weighted by Crippen LogP contribution is 2.17. The first-order valence-corrected chi connectivity index (χ1v) is 8.79. The molecule has 134 valence electrons. The van der Waals surface area contributed by atoms with Gasteiger partial charge in [0, 0.05) is 18.5 Å². The molecule has 1 fully saturated rings. The van der Waals surface area contributed by atoms with Crippen molar-refractivity contribution in [2.75, 3.05) is 13.7 Å². The molecule has 0 radical (unpaired) electrons. The maximum absolute atomic E-state index is 12.0. The summed E-state index contributed by atoms with van der Waals surface area (Å²) in [6.07, 6.45) is -0.120. The number of ether oxygens (including phenoxy) is 1. The normalized spacial score (nSPS) is 22.9. The largest absolute Gasteiger partial charge is 0.465 e. The van der Waals surface area contributed by atoms with Gasteiger partial charge in [0.2, 0.25) is 4.77 Å². The number of likely N-dealkylation sites (tertiary alicyclic amines) is 1. The van der Waals surface area contributed by atoms with Crippen LogP contribution in [0.5, 0.6) is 0 Å². The van der Waals surface area contributed by atoms with Gasteiger partial charge in [0.15, 0.2) is 18.5 Å². The smallest absolute Gasteiger partial charge is 0.364 e. The standard InChI is InChI=1S/C17H22N4O3S/c1-3-20-15(12-7-5-4-6-8-12)18-21(17(20)25)11-19-10-13(22)9-14(19)16(23)24-2/h4-8,13-14,22H,3,9-11H2,1-2H3/p+1/t13-,14-/m0/s1. The number of nitrogens with zero attached hydrogens (tertiary/aromatic N) is 3. The molecule has 0 spiro atoms. The van der Waals surface area contributed by atoms with E-state index in [1.807, 2.05) is 41.8 Å². The fraction of sp³-hybridized carbons (Fsp3) is 0.471. The van der Waals surface area contributed by atoms with Crippen LogP contribution in [0.1, 0.15) is 13.3 Å². The predicted molar refractivity (Wildman–Crippen MR) is 94.4 cm³/mol. The quantitative estimate of drug-likeness (QED) is 0.589. The van der Waals surface area contributed by atoms with Gasteiger partial charge in [-0.2, -0.15) is 4.68 Å². The molecule has 0 aliphatic carbocycles. The van der Waals surface area contributed by atoms with Gasteiger partial charge in [0.1, 0.15) is 12.6 Å². The monoisotopic (exact) mass is 363 g/mol. The van der Waals surface area contributed by atoms with E-state index in [-0.39, 0.29) is 5.97 Å². The Kier molecular flexibility index (Phi) is 5.31. The van der Waals surface area contributed by atoms with Crippen LogP contribution in [0.25, 0.3) is 11.4 Å². The van der Waals surface area contributed by atoms with Gasteiger partial charge in [-0.15, -0.1) is 5.10 Å². The molecule has 2 N–H and O–H groups in total. The maximum Gasteiger partial charge on any atom is 0.364 e. The van der Waals surface area contributed by atoms with Gasteiger partial charge in [-0.25, -0.2) is 4.79 Å². The van der Waals surface area contributed by atoms with Crippen molar-refractivity contribution < 1.29 is 19.5 Å². The Balaban J connectivity index is 1.92. The van der Waals surface area contributed by atoms with E-state index in [1.54, 1.807) is 4.68 Å². The van der Waals surface area contributed by atoms with Gasteiger partial charge in [-0.1, -0.05) is 30.3 Å². The molecule has 3 rings (SSSR count). The Bertz CT molecular complexity index is 802. The van der Waals surface area contributed by atoms with Crippen LogP contribution in [-0.2, 0) is 22.7 Å². The van der Waals surface area contributed by atoms with E-state index in [4.69, 9.17) is 17.0 Å². The number of esters is 1. The second-order valence-corrected chi connectivity index (χ2v) is 6.57. The summed E-state index contributed by atoms with van der Waals surface area (Å²) in [6, 6.07) is 9.49. The maximum atomic E-state index is 12.0. The second-order valence-electron chi connectivity index (χ2n) is 6.20. The number of aliphatic hydroxyl groups is 1. The zero-order chi connectivity index (χ0) is 18.0. The van der Waals surface area contributed by atoms with Crippen LogP contribution < -0.4 is 4.90 Å². The summed E-state index contributed by atoms with van der Waals surface area (Å²) in [6.45, 7) is 3.63. The molecular formula is C17H23N4O3S+. The van der Waals surface area contributed by atoms with Crippen LogP contribution in [0, 0.1) is 4.77 Å². The van der Waals surface area contributed by atoms with Crippen LogP contribution in [0.4, 0.5) is 0 Å². The van der Waals surface area contributed by atoms with Gasteiger partial charge in [-0.05, 0) is 19.1 Å². The van der Waals surface area contributed by atoms with Crippen LogP contribution >= 0.6 is 12.2 Å². The third kappa shape index (κ3) is 3.51. The molecule has 0 saturated carbocycles. The highest BCUT2D eigenvalue weighted by molar-refractivity contribution is 7.71. The van der Waals surface area contributed by atoms with Crippen molar-refractivity contribution in [1.29, 1.82) is 0 Å².